The second-order valence-corrected chi connectivity index (χ2v) is 9.79. The number of benzene rings is 1. The highest BCUT2D eigenvalue weighted by molar-refractivity contribution is 9.09. The number of hydrogen-bond acceptors (Lipinski definition) is 1. The van der Waals surface area contributed by atoms with E-state index in [1.165, 1.54) is 42.5 Å². The molecule has 1 heterocycles. The standard InChI is InChI=1S/C22H32BrNO/c1-15(2)11-20(23)14-17-9-10-21-19(13-17)12-16(3)24(21)22(25)18-7-5-4-6-8-18/h9-10,13,15-16,18,20H,4-8,11-12,14H2,1-3H3. The van der Waals surface area contributed by atoms with Crippen LogP contribution in [0.25, 0.3) is 0 Å². The van der Waals surface area contributed by atoms with Crippen molar-refractivity contribution in [2.24, 2.45) is 11.8 Å². The zero-order valence-electron chi connectivity index (χ0n) is 15.9. The molecule has 2 atom stereocenters. The molecule has 0 spiro atoms. The lowest BCUT2D eigenvalue weighted by Crippen LogP contribution is -2.40. The first-order valence-corrected chi connectivity index (χ1v) is 11.0. The van der Waals surface area contributed by atoms with Gasteiger partial charge in [-0.3, -0.25) is 4.79 Å². The lowest BCUT2D eigenvalue weighted by atomic mass is 9.88. The van der Waals surface area contributed by atoms with Gasteiger partial charge in [-0.15, -0.1) is 0 Å². The minimum Gasteiger partial charge on any atom is -0.309 e. The van der Waals surface area contributed by atoms with Crippen LogP contribution >= 0.6 is 15.9 Å². The summed E-state index contributed by atoms with van der Waals surface area (Å²) in [6, 6.07) is 7.07. The van der Waals surface area contributed by atoms with Crippen LogP contribution in [0.4, 0.5) is 5.69 Å². The quantitative estimate of drug-likeness (QED) is 0.558. The highest BCUT2D eigenvalue weighted by Crippen LogP contribution is 2.37. The van der Waals surface area contributed by atoms with E-state index >= 15 is 0 Å². The fourth-order valence-electron chi connectivity index (χ4n) is 4.54. The lowest BCUT2D eigenvalue weighted by Gasteiger charge is -2.29. The summed E-state index contributed by atoms with van der Waals surface area (Å²) in [6.07, 6.45) is 9.14. The Kier molecular flexibility index (Phi) is 6.25. The zero-order valence-corrected chi connectivity index (χ0v) is 17.5. The monoisotopic (exact) mass is 405 g/mol. The van der Waals surface area contributed by atoms with Gasteiger partial charge in [0, 0.05) is 22.5 Å². The largest absolute Gasteiger partial charge is 0.309 e. The van der Waals surface area contributed by atoms with Crippen molar-refractivity contribution in [1.29, 1.82) is 0 Å². The number of halogens is 1. The van der Waals surface area contributed by atoms with Gasteiger partial charge >= 0.3 is 0 Å². The Hall–Kier alpha value is -0.830. The number of hydrogen-bond donors (Lipinski definition) is 0. The number of fused-ring (bicyclic) bond motifs is 1. The lowest BCUT2D eigenvalue weighted by molar-refractivity contribution is -0.123. The van der Waals surface area contributed by atoms with Crippen LogP contribution in [0.3, 0.4) is 0 Å². The molecule has 138 valence electrons. The van der Waals surface area contributed by atoms with Gasteiger partial charge in [0.2, 0.25) is 5.91 Å². The van der Waals surface area contributed by atoms with Gasteiger partial charge in [-0.25, -0.2) is 0 Å². The molecule has 1 aromatic carbocycles. The Morgan fingerprint density at radius 1 is 1.24 bits per heavy atom. The maximum absolute atomic E-state index is 13.1. The fourth-order valence-corrected chi connectivity index (χ4v) is 5.67. The Morgan fingerprint density at radius 3 is 2.64 bits per heavy atom. The normalized spacial score (nSPS) is 22.3. The van der Waals surface area contributed by atoms with Gasteiger partial charge in [0.15, 0.2) is 0 Å². The van der Waals surface area contributed by atoms with Gasteiger partial charge in [-0.1, -0.05) is 61.2 Å². The third-order valence-electron chi connectivity index (χ3n) is 5.74. The van der Waals surface area contributed by atoms with Crippen molar-refractivity contribution in [1.82, 2.24) is 0 Å². The molecule has 1 aliphatic carbocycles. The fraction of sp³-hybridized carbons (Fsp3) is 0.682. The first kappa shape index (κ1) is 18.9. The van der Waals surface area contributed by atoms with Gasteiger partial charge < -0.3 is 4.90 Å². The number of rotatable bonds is 5. The van der Waals surface area contributed by atoms with Crippen LogP contribution in [-0.4, -0.2) is 16.8 Å². The molecule has 0 N–H and O–H groups in total. The van der Waals surface area contributed by atoms with Crippen LogP contribution < -0.4 is 4.90 Å². The molecule has 1 aliphatic heterocycles. The highest BCUT2D eigenvalue weighted by Gasteiger charge is 2.35. The SMILES string of the molecule is CC(C)CC(Br)Cc1ccc2c(c1)CC(C)N2C(=O)C1CCCCC1. The number of anilines is 1. The smallest absolute Gasteiger partial charge is 0.230 e. The topological polar surface area (TPSA) is 20.3 Å². The van der Waals surface area contributed by atoms with Gasteiger partial charge in [0.05, 0.1) is 0 Å². The van der Waals surface area contributed by atoms with E-state index in [2.05, 4.69) is 59.8 Å². The van der Waals surface area contributed by atoms with E-state index in [4.69, 9.17) is 0 Å². The van der Waals surface area contributed by atoms with E-state index in [1.54, 1.807) is 0 Å². The molecule has 0 bridgehead atoms. The molecular formula is C22H32BrNO. The van der Waals surface area contributed by atoms with Gasteiger partial charge in [-0.05, 0) is 62.1 Å². The van der Waals surface area contributed by atoms with E-state index < -0.39 is 0 Å². The molecule has 1 fully saturated rings. The van der Waals surface area contributed by atoms with Crippen LogP contribution in [0.2, 0.25) is 0 Å². The Labute approximate surface area is 161 Å². The van der Waals surface area contributed by atoms with Crippen molar-refractivity contribution in [3.05, 3.63) is 29.3 Å². The molecule has 1 aromatic rings. The minimum absolute atomic E-state index is 0.250. The maximum Gasteiger partial charge on any atom is 0.230 e. The number of alkyl halides is 1. The maximum atomic E-state index is 13.1. The Bertz CT molecular complexity index is 606. The highest BCUT2D eigenvalue weighted by atomic mass is 79.9. The molecule has 1 saturated carbocycles. The molecule has 3 heteroatoms. The second-order valence-electron chi connectivity index (χ2n) is 8.49. The van der Waals surface area contributed by atoms with Gasteiger partial charge in [-0.2, -0.15) is 0 Å². The van der Waals surface area contributed by atoms with E-state index in [0.29, 0.717) is 22.7 Å². The molecule has 1 amide bonds. The Morgan fingerprint density at radius 2 is 1.96 bits per heavy atom. The minimum atomic E-state index is 0.250. The van der Waals surface area contributed by atoms with Crippen molar-refractivity contribution in [3.63, 3.8) is 0 Å². The van der Waals surface area contributed by atoms with E-state index in [9.17, 15) is 4.79 Å². The van der Waals surface area contributed by atoms with Crippen LogP contribution in [0.5, 0.6) is 0 Å². The third-order valence-corrected chi connectivity index (χ3v) is 6.43. The van der Waals surface area contributed by atoms with E-state index in [0.717, 1.165) is 25.7 Å². The van der Waals surface area contributed by atoms with E-state index in [1.807, 2.05) is 0 Å². The first-order valence-electron chi connectivity index (χ1n) is 10.0. The zero-order chi connectivity index (χ0) is 18.0. The second kappa shape index (κ2) is 8.24. The first-order chi connectivity index (χ1) is 12.0. The molecule has 0 aromatic heterocycles. The summed E-state index contributed by atoms with van der Waals surface area (Å²) in [5, 5.41) is 0. The molecule has 25 heavy (non-hydrogen) atoms. The van der Waals surface area contributed by atoms with Crippen LogP contribution in [0, 0.1) is 11.8 Å². The Balaban J connectivity index is 1.73. The van der Waals surface area contributed by atoms with Crippen molar-refractivity contribution in [2.75, 3.05) is 4.90 Å². The molecule has 0 saturated heterocycles. The van der Waals surface area contributed by atoms with Crippen molar-refractivity contribution in [2.45, 2.75) is 83.0 Å². The third kappa shape index (κ3) is 4.48. The van der Waals surface area contributed by atoms with Crippen LogP contribution in [0.15, 0.2) is 18.2 Å². The summed E-state index contributed by atoms with van der Waals surface area (Å²) in [5.74, 6) is 1.33. The van der Waals surface area contributed by atoms with Crippen LogP contribution in [0.1, 0.15) is 70.4 Å². The number of amides is 1. The molecule has 2 aliphatic rings. The summed E-state index contributed by atoms with van der Waals surface area (Å²) < 4.78 is 0. The summed E-state index contributed by atoms with van der Waals surface area (Å²) >= 11 is 3.83. The van der Waals surface area contributed by atoms with Crippen molar-refractivity contribution < 1.29 is 4.79 Å². The molecule has 0 radical (unpaired) electrons. The van der Waals surface area contributed by atoms with E-state index in [-0.39, 0.29) is 5.92 Å². The number of carbonyl (C=O) groups is 1. The summed E-state index contributed by atoms with van der Waals surface area (Å²) in [5.41, 5.74) is 3.92. The van der Waals surface area contributed by atoms with Crippen molar-refractivity contribution in [3.8, 4) is 0 Å². The molecule has 2 unspecified atom stereocenters. The van der Waals surface area contributed by atoms with Gasteiger partial charge in [0.25, 0.3) is 0 Å². The molecule has 3 rings (SSSR count). The summed E-state index contributed by atoms with van der Waals surface area (Å²) in [7, 11) is 0. The van der Waals surface area contributed by atoms with Crippen molar-refractivity contribution >= 4 is 27.5 Å². The predicted molar refractivity (Wildman–Crippen MR) is 110 cm³/mol. The van der Waals surface area contributed by atoms with Gasteiger partial charge in [0.1, 0.15) is 0 Å². The number of carbonyl (C=O) groups excluding carboxylic acids is 1. The summed E-state index contributed by atoms with van der Waals surface area (Å²) in [4.78, 5) is 15.7. The molecule has 2 nitrogen and oxygen atoms in total. The predicted octanol–water partition coefficient (Wildman–Crippen LogP) is 5.90. The average molecular weight is 406 g/mol. The number of nitrogens with zero attached hydrogens (tertiary/aromatic N) is 1. The van der Waals surface area contributed by atoms with Crippen LogP contribution in [-0.2, 0) is 17.6 Å². The molecular weight excluding hydrogens is 374 g/mol. The average Bonchev–Trinajstić information content (AvgIpc) is 2.89. The summed E-state index contributed by atoms with van der Waals surface area (Å²) in [6.45, 7) is 6.74.